The van der Waals surface area contributed by atoms with E-state index in [4.69, 9.17) is 17.0 Å². The highest BCUT2D eigenvalue weighted by Gasteiger charge is 2.10. The van der Waals surface area contributed by atoms with Gasteiger partial charge >= 0.3 is 0 Å². The average molecular weight is 300 g/mol. The van der Waals surface area contributed by atoms with Gasteiger partial charge in [-0.15, -0.1) is 0 Å². The van der Waals surface area contributed by atoms with Crippen LogP contribution in [0.15, 0.2) is 35.5 Å². The summed E-state index contributed by atoms with van der Waals surface area (Å²) >= 11 is 5.57. The number of aromatic amines is 1. The minimum atomic E-state index is -2.42. The van der Waals surface area contributed by atoms with E-state index in [0.717, 1.165) is 5.56 Å². The maximum Gasteiger partial charge on any atom is 0.288 e. The van der Waals surface area contributed by atoms with Gasteiger partial charge < -0.3 is 9.72 Å². The van der Waals surface area contributed by atoms with Crippen molar-refractivity contribution in [2.45, 2.75) is 10.7 Å². The molecule has 0 fully saturated rings. The van der Waals surface area contributed by atoms with Crippen molar-refractivity contribution >= 4 is 24.0 Å². The Kier molecular flexibility index (Phi) is 4.49. The zero-order valence-corrected chi connectivity index (χ0v) is 11.5. The molecule has 0 radical (unpaired) electrons. The Labute approximate surface area is 118 Å². The quantitative estimate of drug-likeness (QED) is 0.680. The summed E-state index contributed by atoms with van der Waals surface area (Å²) in [7, 11) is 1.51. The van der Waals surface area contributed by atoms with Crippen molar-refractivity contribution in [3.8, 4) is 17.0 Å². The number of alkyl halides is 2. The predicted molar refractivity (Wildman–Crippen MR) is 73.3 cm³/mol. The molecule has 0 bridgehead atoms. The van der Waals surface area contributed by atoms with E-state index in [1.54, 1.807) is 24.3 Å². The second-order valence-corrected chi connectivity index (χ2v) is 4.97. The Hall–Kier alpha value is -1.47. The fourth-order valence-corrected chi connectivity index (χ4v) is 2.33. The average Bonchev–Trinajstić information content (AvgIpc) is 2.38. The zero-order chi connectivity index (χ0) is 13.8. The van der Waals surface area contributed by atoms with Crippen LogP contribution in [0.3, 0.4) is 0 Å². The lowest BCUT2D eigenvalue weighted by Gasteiger charge is -2.08. The number of rotatable bonds is 4. The maximum absolute atomic E-state index is 12.2. The number of hydrogen-bond donors (Lipinski definition) is 1. The third-order valence-electron chi connectivity index (χ3n) is 2.38. The smallest absolute Gasteiger partial charge is 0.288 e. The summed E-state index contributed by atoms with van der Waals surface area (Å²) in [4.78, 5) is 7.38. The predicted octanol–water partition coefficient (Wildman–Crippen LogP) is 4.13. The van der Waals surface area contributed by atoms with Crippen LogP contribution in [-0.2, 0) is 0 Å². The van der Waals surface area contributed by atoms with Crippen molar-refractivity contribution in [3.63, 3.8) is 0 Å². The van der Waals surface area contributed by atoms with Crippen LogP contribution in [0.5, 0.6) is 5.75 Å². The summed E-state index contributed by atoms with van der Waals surface area (Å²) in [5, 5.41) is 0. The van der Waals surface area contributed by atoms with Gasteiger partial charge in [0.15, 0.2) is 10.4 Å². The van der Waals surface area contributed by atoms with Crippen LogP contribution in [0.25, 0.3) is 11.3 Å². The molecule has 0 aliphatic carbocycles. The summed E-state index contributed by atoms with van der Waals surface area (Å²) in [6, 6.07) is 6.72. The van der Waals surface area contributed by atoms with Gasteiger partial charge in [-0.05, 0) is 12.1 Å². The van der Waals surface area contributed by atoms with Crippen LogP contribution in [0.1, 0.15) is 0 Å². The lowest BCUT2D eigenvalue weighted by Crippen LogP contribution is -1.94. The van der Waals surface area contributed by atoms with E-state index in [1.165, 1.54) is 13.4 Å². The molecule has 3 nitrogen and oxygen atoms in total. The molecule has 1 heterocycles. The summed E-state index contributed by atoms with van der Waals surface area (Å²) < 4.78 is 30.0. The third-order valence-corrected chi connectivity index (χ3v) is 3.40. The molecule has 0 saturated carbocycles. The molecular formula is C12H10F2N2OS2. The number of nitrogens with zero attached hydrogens (tertiary/aromatic N) is 1. The van der Waals surface area contributed by atoms with Crippen molar-refractivity contribution in [2.24, 2.45) is 0 Å². The molecular weight excluding hydrogens is 290 g/mol. The van der Waals surface area contributed by atoms with Gasteiger partial charge in [0.2, 0.25) is 0 Å². The first kappa shape index (κ1) is 14.0. The third kappa shape index (κ3) is 3.30. The SMILES string of the molecule is COc1c(-c2ccc(SC(F)F)cc2)[nH]cnc1=S. The minimum Gasteiger partial charge on any atom is -0.491 e. The molecule has 2 aromatic rings. The monoisotopic (exact) mass is 300 g/mol. The van der Waals surface area contributed by atoms with E-state index in [9.17, 15) is 8.78 Å². The van der Waals surface area contributed by atoms with E-state index < -0.39 is 5.76 Å². The topological polar surface area (TPSA) is 37.9 Å². The molecule has 1 aromatic carbocycles. The first-order valence-corrected chi connectivity index (χ1v) is 6.57. The van der Waals surface area contributed by atoms with Gasteiger partial charge in [-0.2, -0.15) is 8.78 Å². The highest BCUT2D eigenvalue weighted by atomic mass is 32.2. The van der Waals surface area contributed by atoms with Crippen molar-refractivity contribution in [1.82, 2.24) is 9.97 Å². The maximum atomic E-state index is 12.2. The number of halogens is 2. The highest BCUT2D eigenvalue weighted by molar-refractivity contribution is 7.99. The first-order valence-electron chi connectivity index (χ1n) is 5.28. The van der Waals surface area contributed by atoms with Crippen LogP contribution in [0.4, 0.5) is 8.78 Å². The lowest BCUT2D eigenvalue weighted by atomic mass is 10.1. The summed E-state index contributed by atoms with van der Waals surface area (Å²) in [5.41, 5.74) is 1.47. The molecule has 0 aliphatic heterocycles. The second kappa shape index (κ2) is 6.12. The van der Waals surface area contributed by atoms with Gasteiger partial charge in [-0.1, -0.05) is 36.1 Å². The number of hydrogen-bond acceptors (Lipinski definition) is 4. The molecule has 19 heavy (non-hydrogen) atoms. The van der Waals surface area contributed by atoms with E-state index in [2.05, 4.69) is 9.97 Å². The fraction of sp³-hybridized carbons (Fsp3) is 0.167. The molecule has 0 saturated heterocycles. The van der Waals surface area contributed by atoms with E-state index in [1.807, 2.05) is 0 Å². The fourth-order valence-electron chi connectivity index (χ4n) is 1.59. The van der Waals surface area contributed by atoms with E-state index in [-0.39, 0.29) is 0 Å². The molecule has 2 rings (SSSR count). The molecule has 100 valence electrons. The van der Waals surface area contributed by atoms with Crippen LogP contribution in [0, 0.1) is 4.64 Å². The lowest BCUT2D eigenvalue weighted by molar-refractivity contribution is 0.252. The normalized spacial score (nSPS) is 10.7. The Morgan fingerprint density at radius 2 is 2.00 bits per heavy atom. The van der Waals surface area contributed by atoms with Crippen molar-refractivity contribution in [3.05, 3.63) is 35.2 Å². The number of aromatic nitrogens is 2. The Morgan fingerprint density at radius 3 is 2.58 bits per heavy atom. The Morgan fingerprint density at radius 1 is 1.32 bits per heavy atom. The molecule has 0 unspecified atom stereocenters. The second-order valence-electron chi connectivity index (χ2n) is 3.52. The standard InChI is InChI=1S/C12H10F2N2OS2/c1-17-10-9(15-6-16-11(10)18)7-2-4-8(5-3-7)19-12(13)14/h2-6,12H,1H3,(H,15,16,18). The van der Waals surface area contributed by atoms with Crippen LogP contribution in [-0.4, -0.2) is 22.8 Å². The van der Waals surface area contributed by atoms with Crippen LogP contribution in [0.2, 0.25) is 0 Å². The number of H-pyrrole nitrogens is 1. The van der Waals surface area contributed by atoms with E-state index in [0.29, 0.717) is 32.7 Å². The molecule has 0 amide bonds. The first-order chi connectivity index (χ1) is 9.11. The largest absolute Gasteiger partial charge is 0.491 e. The molecule has 1 N–H and O–H groups in total. The van der Waals surface area contributed by atoms with Crippen LogP contribution < -0.4 is 4.74 Å². The van der Waals surface area contributed by atoms with Crippen molar-refractivity contribution in [2.75, 3.05) is 7.11 Å². The van der Waals surface area contributed by atoms with Gasteiger partial charge in [0.25, 0.3) is 5.76 Å². The number of methoxy groups -OCH3 is 1. The Bertz CT molecular complexity index is 614. The van der Waals surface area contributed by atoms with Crippen molar-refractivity contribution in [1.29, 1.82) is 0 Å². The summed E-state index contributed by atoms with van der Waals surface area (Å²) in [5.74, 6) is -1.96. The molecule has 7 heteroatoms. The van der Waals surface area contributed by atoms with Gasteiger partial charge in [0.1, 0.15) is 0 Å². The molecule has 0 spiro atoms. The van der Waals surface area contributed by atoms with Crippen LogP contribution >= 0.6 is 24.0 Å². The summed E-state index contributed by atoms with van der Waals surface area (Å²) in [6.07, 6.45) is 1.47. The molecule has 0 atom stereocenters. The zero-order valence-electron chi connectivity index (χ0n) is 9.89. The Balaban J connectivity index is 2.37. The molecule has 0 aliphatic rings. The van der Waals surface area contributed by atoms with Gasteiger partial charge in [0, 0.05) is 10.5 Å². The van der Waals surface area contributed by atoms with E-state index >= 15 is 0 Å². The van der Waals surface area contributed by atoms with Gasteiger partial charge in [-0.25, -0.2) is 4.98 Å². The summed E-state index contributed by atoms with van der Waals surface area (Å²) in [6.45, 7) is 0. The number of benzene rings is 1. The number of thioether (sulfide) groups is 1. The van der Waals surface area contributed by atoms with Crippen molar-refractivity contribution < 1.29 is 13.5 Å². The van der Waals surface area contributed by atoms with Gasteiger partial charge in [-0.3, -0.25) is 0 Å². The highest BCUT2D eigenvalue weighted by Crippen LogP contribution is 2.31. The number of ether oxygens (including phenoxy) is 1. The number of nitrogens with one attached hydrogen (secondary N) is 1. The molecule has 1 aromatic heterocycles. The minimum absolute atomic E-state index is 0.349. The van der Waals surface area contributed by atoms with Gasteiger partial charge in [0.05, 0.1) is 19.1 Å².